The number of hydrogen-bond donors (Lipinski definition) is 2. The number of hydrazone groups is 1. The number of carbonyl (C=O) groups excluding carboxylic acids is 2. The highest BCUT2D eigenvalue weighted by atomic mass is 127. The summed E-state index contributed by atoms with van der Waals surface area (Å²) in [7, 11) is 1.51. The molecule has 0 spiro atoms. The Labute approximate surface area is 216 Å². The number of nitrogens with zero attached hydrogens (tertiary/aromatic N) is 1. The molecule has 0 aliphatic carbocycles. The first-order chi connectivity index (χ1) is 16.3. The van der Waals surface area contributed by atoms with E-state index in [4.69, 9.17) is 21.1 Å². The van der Waals surface area contributed by atoms with E-state index in [0.717, 1.165) is 14.7 Å². The molecule has 0 aliphatic rings. The third-order valence-corrected chi connectivity index (χ3v) is 5.93. The van der Waals surface area contributed by atoms with Crippen LogP contribution in [0.3, 0.4) is 0 Å². The van der Waals surface area contributed by atoms with Crippen molar-refractivity contribution in [3.63, 3.8) is 0 Å². The number of anilines is 1. The molecule has 3 aromatic carbocycles. The van der Waals surface area contributed by atoms with E-state index < -0.39 is 0 Å². The summed E-state index contributed by atoms with van der Waals surface area (Å²) >= 11 is 7.93. The van der Waals surface area contributed by atoms with Gasteiger partial charge in [-0.15, -0.1) is 0 Å². The normalized spacial score (nSPS) is 10.7. The monoisotopic (exact) mass is 591 g/mol. The number of rotatable bonds is 8. The van der Waals surface area contributed by atoms with Gasteiger partial charge in [0.05, 0.1) is 16.9 Å². The van der Waals surface area contributed by atoms with Crippen LogP contribution in [0.5, 0.6) is 11.5 Å². The molecule has 176 valence electrons. The molecule has 0 heterocycles. The van der Waals surface area contributed by atoms with Gasteiger partial charge >= 0.3 is 0 Å². The minimum atomic E-state index is -0.357. The first kappa shape index (κ1) is 25.5. The van der Waals surface area contributed by atoms with Gasteiger partial charge in [-0.1, -0.05) is 17.7 Å². The number of amides is 2. The van der Waals surface area contributed by atoms with Crippen molar-refractivity contribution in [1.29, 1.82) is 0 Å². The molecule has 34 heavy (non-hydrogen) atoms. The number of benzene rings is 3. The van der Waals surface area contributed by atoms with Gasteiger partial charge in [0.15, 0.2) is 18.1 Å². The van der Waals surface area contributed by atoms with Gasteiger partial charge in [-0.3, -0.25) is 9.59 Å². The number of carbonyl (C=O) groups is 2. The van der Waals surface area contributed by atoms with Crippen LogP contribution in [-0.2, 0) is 4.79 Å². The molecule has 0 radical (unpaired) electrons. The van der Waals surface area contributed by atoms with Crippen molar-refractivity contribution in [3.05, 3.63) is 85.4 Å². The topological polar surface area (TPSA) is 89.0 Å². The van der Waals surface area contributed by atoms with Crippen LogP contribution < -0.4 is 20.2 Å². The van der Waals surface area contributed by atoms with Crippen molar-refractivity contribution in [2.45, 2.75) is 13.8 Å². The molecule has 0 atom stereocenters. The molecule has 0 saturated carbocycles. The third-order valence-electron chi connectivity index (χ3n) is 4.88. The van der Waals surface area contributed by atoms with Crippen molar-refractivity contribution in [2.75, 3.05) is 19.0 Å². The summed E-state index contributed by atoms with van der Waals surface area (Å²) in [4.78, 5) is 24.5. The number of aryl methyl sites for hydroxylation is 2. The van der Waals surface area contributed by atoms with Gasteiger partial charge in [0.1, 0.15) is 0 Å². The molecule has 0 unspecified atom stereocenters. The molecule has 0 aromatic heterocycles. The molecule has 7 nitrogen and oxygen atoms in total. The summed E-state index contributed by atoms with van der Waals surface area (Å²) in [5.74, 6) is 0.248. The fraction of sp³-hybridized carbons (Fsp3) is 0.160. The van der Waals surface area contributed by atoms with Gasteiger partial charge in [-0.25, -0.2) is 5.43 Å². The van der Waals surface area contributed by atoms with Gasteiger partial charge in [-0.05, 0) is 102 Å². The molecule has 9 heteroatoms. The Morgan fingerprint density at radius 3 is 2.47 bits per heavy atom. The van der Waals surface area contributed by atoms with Crippen LogP contribution in [0, 0.1) is 17.4 Å². The lowest BCUT2D eigenvalue weighted by Crippen LogP contribution is -2.20. The van der Waals surface area contributed by atoms with Gasteiger partial charge in [0.25, 0.3) is 11.8 Å². The van der Waals surface area contributed by atoms with Crippen LogP contribution in [0.1, 0.15) is 27.0 Å². The highest BCUT2D eigenvalue weighted by Crippen LogP contribution is 2.33. The Bertz CT molecular complexity index is 1230. The Morgan fingerprint density at radius 2 is 1.79 bits per heavy atom. The van der Waals surface area contributed by atoms with Gasteiger partial charge < -0.3 is 14.8 Å². The molecule has 0 bridgehead atoms. The number of methoxy groups -OCH3 is 1. The quantitative estimate of drug-likeness (QED) is 0.210. The second-order valence-electron chi connectivity index (χ2n) is 7.38. The summed E-state index contributed by atoms with van der Waals surface area (Å²) in [6, 6.07) is 15.7. The SMILES string of the molecule is COc1cc(/C=N/NC(=O)c2ccc(Cl)cc2)cc(I)c1OCC(=O)Nc1ccc(C)c(C)c1. The third kappa shape index (κ3) is 6.94. The maximum atomic E-state index is 12.4. The van der Waals surface area contributed by atoms with Crippen LogP contribution >= 0.6 is 34.2 Å². The van der Waals surface area contributed by atoms with Crippen LogP contribution in [0.25, 0.3) is 0 Å². The second-order valence-corrected chi connectivity index (χ2v) is 8.97. The van der Waals surface area contributed by atoms with Gasteiger partial charge in [-0.2, -0.15) is 5.10 Å². The van der Waals surface area contributed by atoms with E-state index in [-0.39, 0.29) is 18.4 Å². The van der Waals surface area contributed by atoms with Crippen molar-refractivity contribution in [1.82, 2.24) is 5.43 Å². The van der Waals surface area contributed by atoms with Crippen LogP contribution in [-0.4, -0.2) is 31.7 Å². The number of nitrogens with one attached hydrogen (secondary N) is 2. The highest BCUT2D eigenvalue weighted by molar-refractivity contribution is 14.1. The van der Waals surface area contributed by atoms with E-state index in [1.54, 1.807) is 36.4 Å². The molecule has 3 rings (SSSR count). The Kier molecular flexibility index (Phi) is 8.89. The average Bonchev–Trinajstić information content (AvgIpc) is 2.80. The van der Waals surface area contributed by atoms with Gasteiger partial charge in [0.2, 0.25) is 0 Å². The number of hydrogen-bond acceptors (Lipinski definition) is 5. The lowest BCUT2D eigenvalue weighted by molar-refractivity contribution is -0.118. The smallest absolute Gasteiger partial charge is 0.271 e. The van der Waals surface area contributed by atoms with E-state index in [2.05, 4.69) is 38.4 Å². The summed E-state index contributed by atoms with van der Waals surface area (Å²) in [5.41, 5.74) is 6.56. The summed E-state index contributed by atoms with van der Waals surface area (Å²) < 4.78 is 11.9. The summed E-state index contributed by atoms with van der Waals surface area (Å²) in [6.07, 6.45) is 1.49. The van der Waals surface area contributed by atoms with Crippen molar-refractivity contribution in [2.24, 2.45) is 5.10 Å². The maximum Gasteiger partial charge on any atom is 0.271 e. The van der Waals surface area contributed by atoms with Crippen molar-refractivity contribution >= 4 is 57.9 Å². The molecule has 2 amide bonds. The highest BCUT2D eigenvalue weighted by Gasteiger charge is 2.14. The van der Waals surface area contributed by atoms with Crippen LogP contribution in [0.4, 0.5) is 5.69 Å². The Balaban J connectivity index is 1.62. The van der Waals surface area contributed by atoms with Gasteiger partial charge in [0, 0.05) is 16.3 Å². The fourth-order valence-electron chi connectivity index (χ4n) is 2.94. The Morgan fingerprint density at radius 1 is 1.06 bits per heavy atom. The zero-order valence-corrected chi connectivity index (χ0v) is 21.7. The Hall–Kier alpha value is -3.11. The van der Waals surface area contributed by atoms with E-state index >= 15 is 0 Å². The molecule has 3 aromatic rings. The molecule has 0 saturated heterocycles. The molecule has 2 N–H and O–H groups in total. The predicted octanol–water partition coefficient (Wildman–Crippen LogP) is 5.35. The standard InChI is InChI=1S/C25H23ClIN3O4/c1-15-4-9-20(10-16(15)2)29-23(31)14-34-24-21(27)11-17(12-22(24)33-3)13-28-30-25(32)18-5-7-19(26)8-6-18/h4-13H,14H2,1-3H3,(H,29,31)(H,30,32)/b28-13+. The largest absolute Gasteiger partial charge is 0.493 e. The first-order valence-corrected chi connectivity index (χ1v) is 11.7. The minimum absolute atomic E-state index is 0.177. The number of ether oxygens (including phenoxy) is 2. The van der Waals surface area contributed by atoms with E-state index in [0.29, 0.717) is 33.3 Å². The van der Waals surface area contributed by atoms with E-state index in [1.807, 2.05) is 32.0 Å². The van der Waals surface area contributed by atoms with Crippen LogP contribution in [0.2, 0.25) is 5.02 Å². The fourth-order valence-corrected chi connectivity index (χ4v) is 3.85. The molecule has 0 fully saturated rings. The predicted molar refractivity (Wildman–Crippen MR) is 142 cm³/mol. The summed E-state index contributed by atoms with van der Waals surface area (Å²) in [6.45, 7) is 3.83. The zero-order chi connectivity index (χ0) is 24.7. The molecular formula is C25H23ClIN3O4. The van der Waals surface area contributed by atoms with Crippen molar-refractivity contribution < 1.29 is 19.1 Å². The number of halogens is 2. The lowest BCUT2D eigenvalue weighted by atomic mass is 10.1. The zero-order valence-electron chi connectivity index (χ0n) is 18.8. The maximum absolute atomic E-state index is 12.4. The van der Waals surface area contributed by atoms with E-state index in [9.17, 15) is 9.59 Å². The molecular weight excluding hydrogens is 569 g/mol. The first-order valence-electron chi connectivity index (χ1n) is 10.2. The average molecular weight is 592 g/mol. The summed E-state index contributed by atoms with van der Waals surface area (Å²) in [5, 5.41) is 7.38. The van der Waals surface area contributed by atoms with Crippen LogP contribution in [0.15, 0.2) is 59.7 Å². The second kappa shape index (κ2) is 11.8. The van der Waals surface area contributed by atoms with E-state index in [1.165, 1.54) is 13.3 Å². The minimum Gasteiger partial charge on any atom is -0.493 e. The lowest BCUT2D eigenvalue weighted by Gasteiger charge is -2.14. The molecule has 0 aliphatic heterocycles. The van der Waals surface area contributed by atoms with Crippen molar-refractivity contribution in [3.8, 4) is 11.5 Å².